The van der Waals surface area contributed by atoms with Crippen LogP contribution in [0.15, 0.2) is 48.5 Å². The van der Waals surface area contributed by atoms with Crippen LogP contribution < -0.4 is 5.32 Å². The monoisotopic (exact) mass is 396 g/mol. The maximum Gasteiger partial charge on any atom is 0.244 e. The molecule has 0 radical (unpaired) electrons. The van der Waals surface area contributed by atoms with Gasteiger partial charge < -0.3 is 9.88 Å². The van der Waals surface area contributed by atoms with E-state index in [4.69, 9.17) is 0 Å². The maximum atomic E-state index is 12.3. The van der Waals surface area contributed by atoms with Gasteiger partial charge in [0.1, 0.15) is 0 Å². The normalized spacial score (nSPS) is 21.6. The van der Waals surface area contributed by atoms with Crippen molar-refractivity contribution in [3.63, 3.8) is 0 Å². The number of benzene rings is 2. The Morgan fingerprint density at radius 2 is 1.93 bits per heavy atom. The minimum Gasteiger partial charge on any atom is -0.346 e. The number of aromatic nitrogens is 1. The second-order valence-corrected chi connectivity index (χ2v) is 9.95. The molecule has 0 aliphatic carbocycles. The number of fused-ring (bicyclic) bond motifs is 3. The first-order chi connectivity index (χ1) is 13.3. The Labute approximate surface area is 165 Å². The number of carbonyl (C=O) groups is 1. The third-order valence-electron chi connectivity index (χ3n) is 5.47. The Hall–Kier alpha value is -2.60. The minimum absolute atomic E-state index is 0.00205. The molecule has 5 nitrogen and oxygen atoms in total. The third kappa shape index (κ3) is 3.44. The van der Waals surface area contributed by atoms with Gasteiger partial charge in [0, 0.05) is 34.4 Å². The summed E-state index contributed by atoms with van der Waals surface area (Å²) in [5, 5.41) is 5.21. The van der Waals surface area contributed by atoms with Crippen molar-refractivity contribution < 1.29 is 13.2 Å². The van der Waals surface area contributed by atoms with E-state index < -0.39 is 15.4 Å². The molecule has 1 N–H and O–H groups in total. The quantitative estimate of drug-likeness (QED) is 0.686. The maximum absolute atomic E-state index is 12.3. The number of nitrogens with zero attached hydrogens (tertiary/aromatic N) is 1. The summed E-state index contributed by atoms with van der Waals surface area (Å²) >= 11 is 0. The fourth-order valence-corrected chi connectivity index (χ4v) is 6.23. The van der Waals surface area contributed by atoms with E-state index in [-0.39, 0.29) is 17.4 Å². The van der Waals surface area contributed by atoms with Crippen molar-refractivity contribution in [2.24, 2.45) is 0 Å². The lowest BCUT2D eigenvalue weighted by Crippen LogP contribution is -2.46. The summed E-state index contributed by atoms with van der Waals surface area (Å²) in [5.74, 6) is -0.135. The molecular weight excluding hydrogens is 372 g/mol. The van der Waals surface area contributed by atoms with E-state index in [1.165, 1.54) is 22.5 Å². The van der Waals surface area contributed by atoms with Gasteiger partial charge in [-0.2, -0.15) is 0 Å². The number of amides is 1. The molecule has 1 atom stereocenters. The van der Waals surface area contributed by atoms with E-state index in [0.29, 0.717) is 6.42 Å². The van der Waals surface area contributed by atoms with Gasteiger partial charge in [0.25, 0.3) is 0 Å². The molecule has 28 heavy (non-hydrogen) atoms. The molecule has 0 spiro atoms. The molecule has 1 fully saturated rings. The number of para-hydroxylation sites is 1. The average molecular weight is 397 g/mol. The van der Waals surface area contributed by atoms with Crippen molar-refractivity contribution in [3.8, 4) is 0 Å². The molecule has 6 heteroatoms. The van der Waals surface area contributed by atoms with Crippen molar-refractivity contribution in [1.29, 1.82) is 0 Å². The van der Waals surface area contributed by atoms with Gasteiger partial charge in [-0.25, -0.2) is 8.42 Å². The summed E-state index contributed by atoms with van der Waals surface area (Å²) in [4.78, 5) is 12.3. The summed E-state index contributed by atoms with van der Waals surface area (Å²) in [6.07, 6.45) is 3.72. The van der Waals surface area contributed by atoms with Crippen LogP contribution in [0.4, 0.5) is 0 Å². The number of carbonyl (C=O) groups excluding carboxylic acids is 1. The van der Waals surface area contributed by atoms with Gasteiger partial charge in [-0.3, -0.25) is 4.79 Å². The second-order valence-electron chi connectivity index (χ2n) is 7.76. The predicted octanol–water partition coefficient (Wildman–Crippen LogP) is 3.52. The summed E-state index contributed by atoms with van der Waals surface area (Å²) in [5.41, 5.74) is 2.63. The summed E-state index contributed by atoms with van der Waals surface area (Å²) < 4.78 is 25.7. The standard InChI is InChI=1S/C22H24N2O3S/c1-3-24-19-7-5-4-6-17(19)18-14-16(8-10-20(18)24)9-11-21(25)23-22(2)12-13-28(26,27)15-22/h4-11,14H,3,12-13,15H2,1-2H3,(H,23,25)/b11-9-/t22-/m0/s1. The highest BCUT2D eigenvalue weighted by Gasteiger charge is 2.39. The van der Waals surface area contributed by atoms with Crippen molar-refractivity contribution in [3.05, 3.63) is 54.1 Å². The molecule has 1 saturated heterocycles. The molecule has 0 saturated carbocycles. The first kappa shape index (κ1) is 18.7. The lowest BCUT2D eigenvalue weighted by Gasteiger charge is -2.22. The van der Waals surface area contributed by atoms with Crippen LogP contribution in [0.3, 0.4) is 0 Å². The third-order valence-corrected chi connectivity index (χ3v) is 7.37. The van der Waals surface area contributed by atoms with Gasteiger partial charge in [-0.05, 0) is 50.1 Å². The lowest BCUT2D eigenvalue weighted by atomic mass is 10.0. The number of rotatable bonds is 4. The van der Waals surface area contributed by atoms with Crippen LogP contribution >= 0.6 is 0 Å². The molecule has 2 aromatic carbocycles. The number of sulfone groups is 1. The van der Waals surface area contributed by atoms with E-state index in [1.807, 2.05) is 18.2 Å². The highest BCUT2D eigenvalue weighted by Crippen LogP contribution is 2.30. The molecule has 1 aromatic heterocycles. The van der Waals surface area contributed by atoms with Crippen LogP contribution in [0.5, 0.6) is 0 Å². The highest BCUT2D eigenvalue weighted by molar-refractivity contribution is 7.91. The van der Waals surface area contributed by atoms with Gasteiger partial charge in [-0.15, -0.1) is 0 Å². The molecular formula is C22H24N2O3S. The van der Waals surface area contributed by atoms with E-state index in [1.54, 1.807) is 13.0 Å². The van der Waals surface area contributed by atoms with E-state index >= 15 is 0 Å². The van der Waals surface area contributed by atoms with Crippen LogP contribution in [-0.2, 0) is 21.2 Å². The fourth-order valence-electron chi connectivity index (χ4n) is 4.14. The molecule has 2 heterocycles. The van der Waals surface area contributed by atoms with Crippen LogP contribution in [0.2, 0.25) is 0 Å². The van der Waals surface area contributed by atoms with Crippen LogP contribution in [-0.4, -0.2) is 35.9 Å². The van der Waals surface area contributed by atoms with Gasteiger partial charge in [0.05, 0.1) is 17.0 Å². The Morgan fingerprint density at radius 3 is 2.64 bits per heavy atom. The number of aryl methyl sites for hydroxylation is 1. The molecule has 1 aliphatic heterocycles. The zero-order valence-electron chi connectivity index (χ0n) is 16.1. The lowest BCUT2D eigenvalue weighted by molar-refractivity contribution is -0.117. The molecule has 3 aromatic rings. The van der Waals surface area contributed by atoms with Crippen LogP contribution in [0, 0.1) is 0 Å². The Bertz CT molecular complexity index is 1210. The van der Waals surface area contributed by atoms with Crippen molar-refractivity contribution in [2.45, 2.75) is 32.4 Å². The largest absolute Gasteiger partial charge is 0.346 e. The van der Waals surface area contributed by atoms with Gasteiger partial charge in [0.15, 0.2) is 9.84 Å². The molecule has 0 unspecified atom stereocenters. The Balaban J connectivity index is 1.60. The van der Waals surface area contributed by atoms with Gasteiger partial charge in [-0.1, -0.05) is 24.3 Å². The van der Waals surface area contributed by atoms with Gasteiger partial charge >= 0.3 is 0 Å². The topological polar surface area (TPSA) is 68.2 Å². The summed E-state index contributed by atoms with van der Waals surface area (Å²) in [6.45, 7) is 4.81. The molecule has 1 amide bonds. The van der Waals surface area contributed by atoms with E-state index in [9.17, 15) is 13.2 Å². The molecule has 1 aliphatic rings. The van der Waals surface area contributed by atoms with Crippen molar-refractivity contribution in [1.82, 2.24) is 9.88 Å². The molecule has 4 rings (SSSR count). The van der Waals surface area contributed by atoms with Crippen molar-refractivity contribution in [2.75, 3.05) is 11.5 Å². The predicted molar refractivity (Wildman–Crippen MR) is 114 cm³/mol. The average Bonchev–Trinajstić information content (AvgIpc) is 3.12. The van der Waals surface area contributed by atoms with Crippen molar-refractivity contribution >= 4 is 43.6 Å². The van der Waals surface area contributed by atoms with Crippen LogP contribution in [0.25, 0.3) is 27.9 Å². The highest BCUT2D eigenvalue weighted by atomic mass is 32.2. The first-order valence-electron chi connectivity index (χ1n) is 9.52. The van der Waals surface area contributed by atoms with E-state index in [2.05, 4.69) is 41.1 Å². The number of nitrogens with one attached hydrogen (secondary N) is 1. The summed E-state index contributed by atoms with van der Waals surface area (Å²) in [6, 6.07) is 14.5. The Kier molecular flexibility index (Phi) is 4.54. The zero-order chi connectivity index (χ0) is 19.9. The van der Waals surface area contributed by atoms with Gasteiger partial charge in [0.2, 0.25) is 5.91 Å². The first-order valence-corrected chi connectivity index (χ1v) is 11.3. The second kappa shape index (κ2) is 6.78. The number of hydrogen-bond acceptors (Lipinski definition) is 3. The Morgan fingerprint density at radius 1 is 1.18 bits per heavy atom. The zero-order valence-corrected chi connectivity index (χ0v) is 16.9. The SMILES string of the molecule is CCn1c2ccccc2c2cc(/C=C\C(=O)N[C@@]3(C)CCS(=O)(=O)C3)ccc21. The smallest absolute Gasteiger partial charge is 0.244 e. The summed E-state index contributed by atoms with van der Waals surface area (Å²) in [7, 11) is -3.05. The fraction of sp³-hybridized carbons (Fsp3) is 0.318. The number of hydrogen-bond donors (Lipinski definition) is 1. The van der Waals surface area contributed by atoms with Crippen LogP contribution in [0.1, 0.15) is 25.8 Å². The molecule has 0 bridgehead atoms. The molecule has 146 valence electrons. The minimum atomic E-state index is -3.05. The van der Waals surface area contributed by atoms with E-state index in [0.717, 1.165) is 17.5 Å².